The van der Waals surface area contributed by atoms with E-state index >= 15 is 0 Å². The summed E-state index contributed by atoms with van der Waals surface area (Å²) >= 11 is 1.59. The Morgan fingerprint density at radius 1 is 1.21 bits per heavy atom. The molecule has 1 saturated carbocycles. The maximum absolute atomic E-state index is 13.2. The molecule has 0 amide bonds. The largest absolute Gasteiger partial charge is 0.496 e. The van der Waals surface area contributed by atoms with Crippen molar-refractivity contribution in [3.05, 3.63) is 57.6 Å². The van der Waals surface area contributed by atoms with Crippen molar-refractivity contribution >= 4 is 22.7 Å². The molecule has 5 nitrogen and oxygen atoms in total. The molecule has 0 aliphatic heterocycles. The van der Waals surface area contributed by atoms with Crippen LogP contribution in [0, 0.1) is 13.8 Å². The highest BCUT2D eigenvalue weighted by molar-refractivity contribution is 7.98. The van der Waals surface area contributed by atoms with Crippen molar-refractivity contribution in [1.82, 2.24) is 14.5 Å². The zero-order valence-electron chi connectivity index (χ0n) is 16.6. The van der Waals surface area contributed by atoms with Gasteiger partial charge in [-0.15, -0.1) is 0 Å². The highest BCUT2D eigenvalue weighted by Gasteiger charge is 2.23. The molecule has 1 aliphatic rings. The first-order valence-electron chi connectivity index (χ1n) is 9.73. The number of rotatable bonds is 5. The van der Waals surface area contributed by atoms with Gasteiger partial charge in [-0.25, -0.2) is 4.98 Å². The minimum atomic E-state index is 0.0752. The third-order valence-corrected chi connectivity index (χ3v) is 6.52. The molecule has 1 aromatic carbocycles. The molecule has 0 spiro atoms. The highest BCUT2D eigenvalue weighted by Crippen LogP contribution is 2.34. The molecule has 0 N–H and O–H groups in total. The lowest BCUT2D eigenvalue weighted by molar-refractivity contribution is 0.407. The first-order valence-corrected chi connectivity index (χ1v) is 10.7. The molecule has 0 saturated heterocycles. The predicted molar refractivity (Wildman–Crippen MR) is 113 cm³/mol. The summed E-state index contributed by atoms with van der Waals surface area (Å²) in [5, 5.41) is 1.49. The summed E-state index contributed by atoms with van der Waals surface area (Å²) in [6.07, 6.45) is 6.28. The van der Waals surface area contributed by atoms with Gasteiger partial charge in [0.15, 0.2) is 5.16 Å². The fraction of sp³-hybridized carbons (Fsp3) is 0.409. The van der Waals surface area contributed by atoms with E-state index in [0.717, 1.165) is 46.1 Å². The molecule has 2 heterocycles. The first-order chi connectivity index (χ1) is 13.6. The second kappa shape index (κ2) is 7.95. The number of fused-ring (bicyclic) bond motifs is 1. The van der Waals surface area contributed by atoms with Crippen LogP contribution in [0.2, 0.25) is 0 Å². The van der Waals surface area contributed by atoms with Gasteiger partial charge in [-0.1, -0.05) is 36.7 Å². The molecule has 6 heteroatoms. The van der Waals surface area contributed by atoms with Crippen LogP contribution in [0.1, 0.15) is 48.5 Å². The van der Waals surface area contributed by atoms with E-state index in [-0.39, 0.29) is 11.6 Å². The molecule has 0 radical (unpaired) electrons. The van der Waals surface area contributed by atoms with E-state index in [1.54, 1.807) is 18.9 Å². The van der Waals surface area contributed by atoms with Crippen molar-refractivity contribution in [1.29, 1.82) is 0 Å². The van der Waals surface area contributed by atoms with E-state index in [4.69, 9.17) is 9.72 Å². The van der Waals surface area contributed by atoms with E-state index in [0.29, 0.717) is 11.1 Å². The number of thioether (sulfide) groups is 1. The topological polar surface area (TPSA) is 57.0 Å². The molecule has 2 aromatic heterocycles. The number of pyridine rings is 1. The molecular weight excluding hydrogens is 370 g/mol. The Morgan fingerprint density at radius 3 is 2.71 bits per heavy atom. The molecule has 4 rings (SSSR count). The molecule has 146 valence electrons. The number of aromatic nitrogens is 3. The van der Waals surface area contributed by atoms with Crippen LogP contribution >= 0.6 is 11.8 Å². The minimum Gasteiger partial charge on any atom is -0.496 e. The lowest BCUT2D eigenvalue weighted by atomic mass is 10.1. The monoisotopic (exact) mass is 395 g/mol. The fourth-order valence-electron chi connectivity index (χ4n) is 4.06. The number of ether oxygens (including phenoxy) is 1. The number of hydrogen-bond donors (Lipinski definition) is 0. The molecular formula is C22H25N3O2S. The average Bonchev–Trinajstić information content (AvgIpc) is 3.22. The van der Waals surface area contributed by atoms with Gasteiger partial charge in [0, 0.05) is 29.1 Å². The summed E-state index contributed by atoms with van der Waals surface area (Å²) < 4.78 is 7.46. The number of benzene rings is 1. The van der Waals surface area contributed by atoms with Gasteiger partial charge < -0.3 is 4.74 Å². The number of para-hydroxylation sites is 1. The van der Waals surface area contributed by atoms with Crippen LogP contribution in [-0.2, 0) is 5.75 Å². The molecule has 1 fully saturated rings. The normalized spacial score (nSPS) is 14.7. The standard InChI is InChI=1S/C22H25N3O2S/c1-14-12-23-19(15(2)20(14)27-3)13-28-22-24-18-11-7-6-10-17(18)21(26)25(22)16-8-4-5-9-16/h6-7,10-12,16H,4-5,8-9,13H2,1-3H3. The van der Waals surface area contributed by atoms with E-state index in [1.165, 1.54) is 12.8 Å². The van der Waals surface area contributed by atoms with E-state index < -0.39 is 0 Å². The van der Waals surface area contributed by atoms with Crippen molar-refractivity contribution in [3.8, 4) is 5.75 Å². The second-order valence-corrected chi connectivity index (χ2v) is 8.30. The average molecular weight is 396 g/mol. The molecule has 0 unspecified atom stereocenters. The Balaban J connectivity index is 1.74. The smallest absolute Gasteiger partial charge is 0.262 e. The lowest BCUT2D eigenvalue weighted by Gasteiger charge is -2.19. The zero-order valence-corrected chi connectivity index (χ0v) is 17.4. The summed E-state index contributed by atoms with van der Waals surface area (Å²) in [5.74, 6) is 1.53. The minimum absolute atomic E-state index is 0.0752. The van der Waals surface area contributed by atoms with Crippen LogP contribution in [0.4, 0.5) is 0 Å². The number of aryl methyl sites for hydroxylation is 1. The quantitative estimate of drug-likeness (QED) is 0.458. The third-order valence-electron chi connectivity index (χ3n) is 5.55. The lowest BCUT2D eigenvalue weighted by Crippen LogP contribution is -2.26. The Morgan fingerprint density at radius 2 is 1.96 bits per heavy atom. The van der Waals surface area contributed by atoms with Gasteiger partial charge in [0.2, 0.25) is 0 Å². The van der Waals surface area contributed by atoms with Gasteiger partial charge in [0.25, 0.3) is 5.56 Å². The van der Waals surface area contributed by atoms with Gasteiger partial charge in [0.05, 0.1) is 23.7 Å². The van der Waals surface area contributed by atoms with Crippen molar-refractivity contribution in [2.45, 2.75) is 56.5 Å². The van der Waals surface area contributed by atoms with Crippen LogP contribution in [0.15, 0.2) is 40.4 Å². The molecule has 0 bridgehead atoms. The Kier molecular flexibility index (Phi) is 5.40. The van der Waals surface area contributed by atoms with E-state index in [9.17, 15) is 4.79 Å². The number of nitrogens with zero attached hydrogens (tertiary/aromatic N) is 3. The number of hydrogen-bond acceptors (Lipinski definition) is 5. The Hall–Kier alpha value is -2.34. The summed E-state index contributed by atoms with van der Waals surface area (Å²) in [6, 6.07) is 7.87. The molecule has 3 aromatic rings. The molecule has 28 heavy (non-hydrogen) atoms. The SMILES string of the molecule is COc1c(C)cnc(CSc2nc3ccccc3c(=O)n2C2CCCC2)c1C. The van der Waals surface area contributed by atoms with Gasteiger partial charge in [-0.2, -0.15) is 0 Å². The maximum atomic E-state index is 13.2. The highest BCUT2D eigenvalue weighted by atomic mass is 32.2. The molecule has 1 aliphatic carbocycles. The summed E-state index contributed by atoms with van der Waals surface area (Å²) in [4.78, 5) is 22.7. The van der Waals surface area contributed by atoms with Gasteiger partial charge in [-0.05, 0) is 38.8 Å². The van der Waals surface area contributed by atoms with Gasteiger partial charge in [-0.3, -0.25) is 14.3 Å². The van der Waals surface area contributed by atoms with Crippen LogP contribution in [0.3, 0.4) is 0 Å². The summed E-state index contributed by atoms with van der Waals surface area (Å²) in [6.45, 7) is 4.03. The maximum Gasteiger partial charge on any atom is 0.262 e. The van der Waals surface area contributed by atoms with Crippen LogP contribution in [-0.4, -0.2) is 21.6 Å². The van der Waals surface area contributed by atoms with E-state index in [1.807, 2.05) is 48.9 Å². The van der Waals surface area contributed by atoms with Crippen molar-refractivity contribution < 1.29 is 4.74 Å². The van der Waals surface area contributed by atoms with Crippen molar-refractivity contribution in [3.63, 3.8) is 0 Å². The Labute approximate surface area is 169 Å². The van der Waals surface area contributed by atoms with Crippen LogP contribution in [0.5, 0.6) is 5.75 Å². The van der Waals surface area contributed by atoms with Crippen molar-refractivity contribution in [2.75, 3.05) is 7.11 Å². The zero-order chi connectivity index (χ0) is 19.7. The Bertz CT molecular complexity index is 1070. The van der Waals surface area contributed by atoms with Crippen LogP contribution in [0.25, 0.3) is 10.9 Å². The van der Waals surface area contributed by atoms with Gasteiger partial charge in [0.1, 0.15) is 5.75 Å². The second-order valence-electron chi connectivity index (χ2n) is 7.36. The summed E-state index contributed by atoms with van der Waals surface area (Å²) in [5.41, 5.74) is 3.88. The van der Waals surface area contributed by atoms with E-state index in [2.05, 4.69) is 4.98 Å². The number of methoxy groups -OCH3 is 1. The predicted octanol–water partition coefficient (Wildman–Crippen LogP) is 4.82. The molecule has 0 atom stereocenters. The fourth-order valence-corrected chi connectivity index (χ4v) is 5.15. The van der Waals surface area contributed by atoms with Crippen molar-refractivity contribution in [2.24, 2.45) is 0 Å². The third kappa shape index (κ3) is 3.41. The van der Waals surface area contributed by atoms with Crippen LogP contribution < -0.4 is 10.3 Å². The summed E-state index contributed by atoms with van der Waals surface area (Å²) in [7, 11) is 1.69. The first kappa shape index (κ1) is 19.0. The van der Waals surface area contributed by atoms with Gasteiger partial charge >= 0.3 is 0 Å².